The van der Waals surface area contributed by atoms with Crippen molar-refractivity contribution in [2.45, 2.75) is 32.2 Å². The first-order valence-corrected chi connectivity index (χ1v) is 5.59. The van der Waals surface area contributed by atoms with E-state index in [0.29, 0.717) is 17.6 Å². The summed E-state index contributed by atoms with van der Waals surface area (Å²) in [5, 5.41) is 7.98. The van der Waals surface area contributed by atoms with Gasteiger partial charge in [-0.2, -0.15) is 10.1 Å². The van der Waals surface area contributed by atoms with Gasteiger partial charge >= 0.3 is 0 Å². The molecule has 3 rings (SSSR count). The third-order valence-electron chi connectivity index (χ3n) is 2.70. The average molecular weight is 232 g/mol. The van der Waals surface area contributed by atoms with Crippen LogP contribution in [0.4, 0.5) is 0 Å². The second kappa shape index (κ2) is 3.80. The van der Waals surface area contributed by atoms with Crippen molar-refractivity contribution in [3.63, 3.8) is 0 Å². The van der Waals surface area contributed by atoms with Gasteiger partial charge in [-0.1, -0.05) is 5.16 Å². The molecule has 0 amide bonds. The van der Waals surface area contributed by atoms with Gasteiger partial charge in [-0.05, 0) is 25.8 Å². The molecule has 88 valence electrons. The zero-order valence-electron chi connectivity index (χ0n) is 9.46. The first-order chi connectivity index (χ1) is 8.22. The van der Waals surface area contributed by atoms with E-state index < -0.39 is 0 Å². The SMILES string of the molecule is Cc1ccc(=O)n(Cc2noc(C3CC3)n2)n1. The quantitative estimate of drug-likeness (QED) is 0.784. The van der Waals surface area contributed by atoms with E-state index in [2.05, 4.69) is 15.2 Å². The first-order valence-electron chi connectivity index (χ1n) is 5.59. The maximum Gasteiger partial charge on any atom is 0.267 e. The Labute approximate surface area is 97.3 Å². The van der Waals surface area contributed by atoms with E-state index in [4.69, 9.17) is 4.52 Å². The molecule has 17 heavy (non-hydrogen) atoms. The summed E-state index contributed by atoms with van der Waals surface area (Å²) in [5.41, 5.74) is 0.629. The molecule has 0 atom stereocenters. The molecule has 0 spiro atoms. The van der Waals surface area contributed by atoms with Crippen molar-refractivity contribution in [3.05, 3.63) is 39.9 Å². The van der Waals surface area contributed by atoms with Crippen LogP contribution in [0.5, 0.6) is 0 Å². The Kier molecular flexibility index (Phi) is 2.28. The van der Waals surface area contributed by atoms with Gasteiger partial charge < -0.3 is 4.52 Å². The average Bonchev–Trinajstić information content (AvgIpc) is 3.05. The van der Waals surface area contributed by atoms with Crippen molar-refractivity contribution in [2.75, 3.05) is 0 Å². The fraction of sp³-hybridized carbons (Fsp3) is 0.455. The highest BCUT2D eigenvalue weighted by molar-refractivity contribution is 5.02. The van der Waals surface area contributed by atoms with Gasteiger partial charge in [0.1, 0.15) is 6.54 Å². The summed E-state index contributed by atoms with van der Waals surface area (Å²) in [7, 11) is 0. The van der Waals surface area contributed by atoms with Crippen LogP contribution in [0.1, 0.15) is 36.2 Å². The Balaban J connectivity index is 1.85. The van der Waals surface area contributed by atoms with Gasteiger partial charge in [0.05, 0.1) is 5.69 Å². The molecule has 0 saturated heterocycles. The Morgan fingerprint density at radius 2 is 2.29 bits per heavy atom. The van der Waals surface area contributed by atoms with Crippen LogP contribution < -0.4 is 5.56 Å². The Hall–Kier alpha value is -1.98. The van der Waals surface area contributed by atoms with E-state index in [1.807, 2.05) is 6.92 Å². The van der Waals surface area contributed by atoms with Gasteiger partial charge in [-0.25, -0.2) is 4.68 Å². The molecule has 2 aromatic rings. The van der Waals surface area contributed by atoms with Crippen LogP contribution in [0.2, 0.25) is 0 Å². The van der Waals surface area contributed by atoms with Crippen LogP contribution in [0.15, 0.2) is 21.5 Å². The van der Waals surface area contributed by atoms with Crippen LogP contribution in [0.3, 0.4) is 0 Å². The normalized spacial score (nSPS) is 15.1. The van der Waals surface area contributed by atoms with Gasteiger partial charge in [-0.15, -0.1) is 0 Å². The van der Waals surface area contributed by atoms with Crippen molar-refractivity contribution in [1.29, 1.82) is 0 Å². The lowest BCUT2D eigenvalue weighted by Crippen LogP contribution is -2.23. The maximum absolute atomic E-state index is 11.5. The highest BCUT2D eigenvalue weighted by Gasteiger charge is 2.29. The number of hydrogen-bond acceptors (Lipinski definition) is 5. The molecule has 0 N–H and O–H groups in total. The van der Waals surface area contributed by atoms with Crippen LogP contribution in [0, 0.1) is 6.92 Å². The smallest absolute Gasteiger partial charge is 0.267 e. The molecule has 2 heterocycles. The topological polar surface area (TPSA) is 73.8 Å². The van der Waals surface area contributed by atoms with Crippen LogP contribution in [0.25, 0.3) is 0 Å². The van der Waals surface area contributed by atoms with E-state index in [1.165, 1.54) is 10.7 Å². The zero-order valence-corrected chi connectivity index (χ0v) is 9.46. The summed E-state index contributed by atoms with van der Waals surface area (Å²) >= 11 is 0. The fourth-order valence-corrected chi connectivity index (χ4v) is 1.63. The predicted molar refractivity (Wildman–Crippen MR) is 58.6 cm³/mol. The summed E-state index contributed by atoms with van der Waals surface area (Å²) in [6.07, 6.45) is 2.23. The zero-order chi connectivity index (χ0) is 11.8. The van der Waals surface area contributed by atoms with Crippen LogP contribution >= 0.6 is 0 Å². The van der Waals surface area contributed by atoms with Crippen molar-refractivity contribution < 1.29 is 4.52 Å². The first kappa shape index (κ1) is 10.2. The molecule has 1 fully saturated rings. The minimum absolute atomic E-state index is 0.159. The second-order valence-corrected chi connectivity index (χ2v) is 4.29. The minimum atomic E-state index is -0.159. The number of nitrogens with zero attached hydrogens (tertiary/aromatic N) is 4. The number of hydrogen-bond donors (Lipinski definition) is 0. The third kappa shape index (κ3) is 2.11. The molecule has 1 aliphatic rings. The van der Waals surface area contributed by atoms with Gasteiger partial charge in [0.25, 0.3) is 5.56 Å². The molecule has 1 saturated carbocycles. The summed E-state index contributed by atoms with van der Waals surface area (Å²) in [4.78, 5) is 15.8. The summed E-state index contributed by atoms with van der Waals surface area (Å²) < 4.78 is 6.47. The molecular formula is C11H12N4O2. The lowest BCUT2D eigenvalue weighted by Gasteiger charge is -2.00. The molecule has 2 aromatic heterocycles. The monoisotopic (exact) mass is 232 g/mol. The van der Waals surface area contributed by atoms with Crippen molar-refractivity contribution in [3.8, 4) is 0 Å². The van der Waals surface area contributed by atoms with Crippen LogP contribution in [-0.2, 0) is 6.54 Å². The Bertz CT molecular complexity index is 598. The molecule has 1 aliphatic carbocycles. The Morgan fingerprint density at radius 3 is 3.06 bits per heavy atom. The number of rotatable bonds is 3. The lowest BCUT2D eigenvalue weighted by molar-refractivity contribution is 0.371. The number of aryl methyl sites for hydroxylation is 1. The van der Waals surface area contributed by atoms with E-state index in [-0.39, 0.29) is 12.1 Å². The molecule has 0 radical (unpaired) electrons. The second-order valence-electron chi connectivity index (χ2n) is 4.29. The summed E-state index contributed by atoms with van der Waals surface area (Å²) in [6, 6.07) is 3.18. The van der Waals surface area contributed by atoms with Gasteiger partial charge in [0.15, 0.2) is 5.82 Å². The lowest BCUT2D eigenvalue weighted by atomic mass is 10.4. The highest BCUT2D eigenvalue weighted by atomic mass is 16.5. The molecular weight excluding hydrogens is 220 g/mol. The van der Waals surface area contributed by atoms with Crippen molar-refractivity contribution in [1.82, 2.24) is 19.9 Å². The highest BCUT2D eigenvalue weighted by Crippen LogP contribution is 2.38. The largest absolute Gasteiger partial charge is 0.339 e. The van der Waals surface area contributed by atoms with E-state index in [9.17, 15) is 4.79 Å². The molecule has 6 nitrogen and oxygen atoms in total. The van der Waals surface area contributed by atoms with E-state index in [0.717, 1.165) is 18.5 Å². The van der Waals surface area contributed by atoms with Gasteiger partial charge in [-0.3, -0.25) is 4.79 Å². The standard InChI is InChI=1S/C11H12N4O2/c1-7-2-5-10(16)15(13-7)6-9-12-11(17-14-9)8-3-4-8/h2,5,8H,3-4,6H2,1H3. The maximum atomic E-state index is 11.5. The third-order valence-corrected chi connectivity index (χ3v) is 2.70. The minimum Gasteiger partial charge on any atom is -0.339 e. The summed E-state index contributed by atoms with van der Waals surface area (Å²) in [6.45, 7) is 2.10. The molecule has 6 heteroatoms. The van der Waals surface area contributed by atoms with Gasteiger partial charge in [0.2, 0.25) is 5.89 Å². The molecule has 0 aromatic carbocycles. The molecule has 0 aliphatic heterocycles. The summed E-state index contributed by atoms with van der Waals surface area (Å²) in [5.74, 6) is 1.62. The fourth-order valence-electron chi connectivity index (χ4n) is 1.63. The predicted octanol–water partition coefficient (Wildman–Crippen LogP) is 0.860. The number of aromatic nitrogens is 4. The van der Waals surface area contributed by atoms with E-state index in [1.54, 1.807) is 6.07 Å². The van der Waals surface area contributed by atoms with Crippen molar-refractivity contribution in [2.24, 2.45) is 0 Å². The van der Waals surface area contributed by atoms with Gasteiger partial charge in [0, 0.05) is 12.0 Å². The van der Waals surface area contributed by atoms with Crippen LogP contribution in [-0.4, -0.2) is 19.9 Å². The molecule has 0 bridgehead atoms. The molecule has 0 unspecified atom stereocenters. The Morgan fingerprint density at radius 1 is 1.47 bits per heavy atom. The van der Waals surface area contributed by atoms with Crippen molar-refractivity contribution >= 4 is 0 Å². The van der Waals surface area contributed by atoms with E-state index >= 15 is 0 Å².